The molecule has 1 aromatic heterocycles. The van der Waals surface area contributed by atoms with Crippen LogP contribution in [0.15, 0.2) is 18.2 Å². The van der Waals surface area contributed by atoms with Crippen molar-refractivity contribution < 1.29 is 17.9 Å². The molecule has 2 aliphatic rings. The van der Waals surface area contributed by atoms with Crippen LogP contribution in [0.3, 0.4) is 0 Å². The van der Waals surface area contributed by atoms with Gasteiger partial charge >= 0.3 is 0 Å². The Balaban J connectivity index is 1.40. The second-order valence-electron chi connectivity index (χ2n) is 6.27. The highest BCUT2D eigenvalue weighted by Crippen LogP contribution is 2.34. The second-order valence-corrected chi connectivity index (χ2v) is 9.48. The number of sulfonamides is 1. The Labute approximate surface area is 145 Å². The molecule has 2 fully saturated rings. The molecule has 6 nitrogen and oxygen atoms in total. The SMILES string of the molecule is COc1ccc2nc(OC3CCN(S(=O)(=O)C4CC4)CC3)sc2c1. The number of hydrogen-bond acceptors (Lipinski definition) is 6. The number of benzene rings is 1. The van der Waals surface area contributed by atoms with Crippen molar-refractivity contribution in [1.29, 1.82) is 0 Å². The lowest BCUT2D eigenvalue weighted by atomic mass is 10.1. The first kappa shape index (κ1) is 16.1. The van der Waals surface area contributed by atoms with E-state index in [4.69, 9.17) is 9.47 Å². The number of piperidine rings is 1. The number of aromatic nitrogens is 1. The first-order valence-corrected chi connectivity index (χ1v) is 10.5. The minimum Gasteiger partial charge on any atom is -0.497 e. The molecule has 0 amide bonds. The van der Waals surface area contributed by atoms with Gasteiger partial charge in [-0.1, -0.05) is 11.3 Å². The van der Waals surface area contributed by atoms with Crippen LogP contribution in [0.4, 0.5) is 0 Å². The molecule has 1 saturated heterocycles. The lowest BCUT2D eigenvalue weighted by Gasteiger charge is -2.30. The van der Waals surface area contributed by atoms with E-state index in [1.54, 1.807) is 11.4 Å². The first-order valence-electron chi connectivity index (χ1n) is 8.16. The largest absolute Gasteiger partial charge is 0.497 e. The lowest BCUT2D eigenvalue weighted by molar-refractivity contribution is 0.135. The summed E-state index contributed by atoms with van der Waals surface area (Å²) in [5.74, 6) is 0.802. The van der Waals surface area contributed by atoms with Crippen molar-refractivity contribution in [3.8, 4) is 10.9 Å². The molecule has 1 aliphatic carbocycles. The number of hydrogen-bond donors (Lipinski definition) is 0. The average molecular weight is 368 g/mol. The van der Waals surface area contributed by atoms with Gasteiger partial charge in [-0.3, -0.25) is 0 Å². The number of thiazole rings is 1. The predicted octanol–water partition coefficient (Wildman–Crippen LogP) is 2.64. The van der Waals surface area contributed by atoms with Crippen LogP contribution in [0.1, 0.15) is 25.7 Å². The lowest BCUT2D eigenvalue weighted by Crippen LogP contribution is -2.43. The van der Waals surface area contributed by atoms with E-state index in [1.807, 2.05) is 18.2 Å². The Morgan fingerprint density at radius 1 is 1.21 bits per heavy atom. The van der Waals surface area contributed by atoms with Crippen molar-refractivity contribution >= 4 is 31.6 Å². The second kappa shape index (κ2) is 6.16. The van der Waals surface area contributed by atoms with E-state index >= 15 is 0 Å². The molecule has 1 aromatic carbocycles. The molecule has 24 heavy (non-hydrogen) atoms. The van der Waals surface area contributed by atoms with Crippen LogP contribution >= 0.6 is 11.3 Å². The van der Waals surface area contributed by atoms with Gasteiger partial charge in [0.15, 0.2) is 0 Å². The standard InChI is InChI=1S/C16H20N2O4S2/c1-21-12-2-5-14-15(10-12)23-16(17-14)22-11-6-8-18(9-7-11)24(19,20)13-3-4-13/h2,5,10-11,13H,3-4,6-9H2,1H3. The van der Waals surface area contributed by atoms with Crippen molar-refractivity contribution in [3.63, 3.8) is 0 Å². The Morgan fingerprint density at radius 3 is 2.62 bits per heavy atom. The van der Waals surface area contributed by atoms with E-state index in [2.05, 4.69) is 4.98 Å². The molecule has 4 rings (SSSR count). The van der Waals surface area contributed by atoms with Crippen LogP contribution in [0, 0.1) is 0 Å². The predicted molar refractivity (Wildman–Crippen MR) is 93.3 cm³/mol. The molecule has 130 valence electrons. The summed E-state index contributed by atoms with van der Waals surface area (Å²) >= 11 is 1.50. The van der Waals surface area contributed by atoms with Crippen LogP contribution in [-0.2, 0) is 10.0 Å². The van der Waals surface area contributed by atoms with Gasteiger partial charge in [-0.2, -0.15) is 0 Å². The number of rotatable bonds is 5. The van der Waals surface area contributed by atoms with Crippen LogP contribution in [0.2, 0.25) is 0 Å². The van der Waals surface area contributed by atoms with Gasteiger partial charge in [-0.25, -0.2) is 17.7 Å². The highest BCUT2D eigenvalue weighted by atomic mass is 32.2. The van der Waals surface area contributed by atoms with Gasteiger partial charge in [0.25, 0.3) is 5.19 Å². The summed E-state index contributed by atoms with van der Waals surface area (Å²) in [5.41, 5.74) is 0.893. The molecule has 8 heteroatoms. The number of ether oxygens (including phenoxy) is 2. The molecule has 0 atom stereocenters. The fraction of sp³-hybridized carbons (Fsp3) is 0.562. The smallest absolute Gasteiger partial charge is 0.274 e. The Hall–Kier alpha value is -1.38. The van der Waals surface area contributed by atoms with Gasteiger partial charge in [0.05, 0.1) is 22.6 Å². The zero-order valence-electron chi connectivity index (χ0n) is 13.5. The summed E-state index contributed by atoms with van der Waals surface area (Å²) < 4.78 is 38.4. The van der Waals surface area contributed by atoms with Crippen molar-refractivity contribution in [2.45, 2.75) is 37.0 Å². The number of fused-ring (bicyclic) bond motifs is 1. The minimum absolute atomic E-state index is 0.0260. The summed E-state index contributed by atoms with van der Waals surface area (Å²) in [6.07, 6.45) is 3.08. The third kappa shape index (κ3) is 3.10. The van der Waals surface area contributed by atoms with E-state index in [9.17, 15) is 8.42 Å². The van der Waals surface area contributed by atoms with Crippen molar-refractivity contribution in [3.05, 3.63) is 18.2 Å². The first-order chi connectivity index (χ1) is 11.6. The van der Waals surface area contributed by atoms with Crippen LogP contribution in [0.25, 0.3) is 10.2 Å². The average Bonchev–Trinajstić information content (AvgIpc) is 3.37. The van der Waals surface area contributed by atoms with Gasteiger partial charge in [0, 0.05) is 13.1 Å². The maximum Gasteiger partial charge on any atom is 0.274 e. The maximum atomic E-state index is 12.3. The van der Waals surface area contributed by atoms with Gasteiger partial charge in [0.2, 0.25) is 10.0 Å². The zero-order chi connectivity index (χ0) is 16.7. The topological polar surface area (TPSA) is 68.7 Å². The van der Waals surface area contributed by atoms with Gasteiger partial charge < -0.3 is 9.47 Å². The quantitative estimate of drug-likeness (QED) is 0.811. The van der Waals surface area contributed by atoms with Crippen LogP contribution in [0.5, 0.6) is 10.9 Å². The third-order valence-electron chi connectivity index (χ3n) is 4.55. The molecular weight excluding hydrogens is 348 g/mol. The Kier molecular flexibility index (Phi) is 4.14. The Bertz CT molecular complexity index is 837. The highest BCUT2D eigenvalue weighted by Gasteiger charge is 2.41. The van der Waals surface area contributed by atoms with E-state index in [-0.39, 0.29) is 11.4 Å². The zero-order valence-corrected chi connectivity index (χ0v) is 15.1. The molecule has 0 radical (unpaired) electrons. The van der Waals surface area contributed by atoms with Crippen molar-refractivity contribution in [1.82, 2.24) is 9.29 Å². The summed E-state index contributed by atoms with van der Waals surface area (Å²) in [5, 5.41) is 0.510. The fourth-order valence-electron chi connectivity index (χ4n) is 2.98. The van der Waals surface area contributed by atoms with Gasteiger partial charge in [-0.15, -0.1) is 0 Å². The summed E-state index contributed by atoms with van der Waals surface area (Å²) in [6, 6.07) is 5.75. The molecule has 0 spiro atoms. The Morgan fingerprint density at radius 2 is 1.96 bits per heavy atom. The molecule has 0 bridgehead atoms. The van der Waals surface area contributed by atoms with E-state index < -0.39 is 10.0 Å². The minimum atomic E-state index is -3.06. The molecule has 1 saturated carbocycles. The normalized spacial score (nSPS) is 20.4. The summed E-state index contributed by atoms with van der Waals surface area (Å²) in [4.78, 5) is 4.50. The molecule has 2 aromatic rings. The van der Waals surface area contributed by atoms with E-state index in [0.717, 1.165) is 28.8 Å². The highest BCUT2D eigenvalue weighted by molar-refractivity contribution is 7.90. The maximum absolute atomic E-state index is 12.3. The molecular formula is C16H20N2O4S2. The van der Waals surface area contributed by atoms with Crippen molar-refractivity contribution in [2.75, 3.05) is 20.2 Å². The fourth-order valence-corrected chi connectivity index (χ4v) is 5.77. The van der Waals surface area contributed by atoms with Crippen LogP contribution < -0.4 is 9.47 Å². The van der Waals surface area contributed by atoms with Crippen LogP contribution in [-0.4, -0.2) is 49.3 Å². The third-order valence-corrected chi connectivity index (χ3v) is 7.86. The van der Waals surface area contributed by atoms with Gasteiger partial charge in [-0.05, 0) is 43.9 Å². The van der Waals surface area contributed by atoms with E-state index in [0.29, 0.717) is 31.1 Å². The van der Waals surface area contributed by atoms with E-state index in [1.165, 1.54) is 11.3 Å². The summed E-state index contributed by atoms with van der Waals surface area (Å²) in [6.45, 7) is 1.09. The van der Waals surface area contributed by atoms with Crippen molar-refractivity contribution in [2.24, 2.45) is 0 Å². The molecule has 0 unspecified atom stereocenters. The van der Waals surface area contributed by atoms with Gasteiger partial charge in [0.1, 0.15) is 11.9 Å². The number of nitrogens with zero attached hydrogens (tertiary/aromatic N) is 2. The molecule has 2 heterocycles. The molecule has 1 aliphatic heterocycles. The summed E-state index contributed by atoms with van der Waals surface area (Å²) in [7, 11) is -1.42. The monoisotopic (exact) mass is 368 g/mol. The number of methoxy groups -OCH3 is 1. The molecule has 0 N–H and O–H groups in total.